The predicted molar refractivity (Wildman–Crippen MR) is 144 cm³/mol. The summed E-state index contributed by atoms with van der Waals surface area (Å²) in [6.45, 7) is 12.4. The number of piperidine rings is 1. The Balaban J connectivity index is 1.39. The molecule has 1 aromatic carbocycles. The largest absolute Gasteiger partial charge is 0.354 e. The molecule has 0 spiro atoms. The molecule has 3 aromatic rings. The molecule has 0 unspecified atom stereocenters. The van der Waals surface area contributed by atoms with Crippen LogP contribution in [0.25, 0.3) is 22.0 Å². The van der Waals surface area contributed by atoms with Crippen LogP contribution in [-0.2, 0) is 16.1 Å². The molecule has 3 heterocycles. The highest BCUT2D eigenvalue weighted by Gasteiger charge is 2.64. The summed E-state index contributed by atoms with van der Waals surface area (Å²) in [4.78, 5) is 49.6. The Bertz CT molecular complexity index is 1420. The highest BCUT2D eigenvalue weighted by molar-refractivity contribution is 6.06. The molecule has 1 saturated carbocycles. The average molecular weight is 517 g/mol. The van der Waals surface area contributed by atoms with Crippen molar-refractivity contribution in [1.82, 2.24) is 30.0 Å². The van der Waals surface area contributed by atoms with Crippen LogP contribution < -0.4 is 5.32 Å². The van der Waals surface area contributed by atoms with Crippen molar-refractivity contribution in [2.24, 2.45) is 10.8 Å². The van der Waals surface area contributed by atoms with E-state index in [4.69, 9.17) is 0 Å². The summed E-state index contributed by atoms with van der Waals surface area (Å²) in [5.41, 5.74) is 2.83. The Morgan fingerprint density at radius 1 is 1.11 bits per heavy atom. The standard InChI is InChI=1S/C29H36N6O3/c1-17(36)26-21-11-19(20-14-31-18(2)32-15-20)7-8-22(21)34(33-26)16-25(37)35-23(12-29(6)13-24(29)35)27(38)30-10-9-28(3,4)5/h7-8,11,14-15,23-24H,9-10,12-13,16H2,1-6H3,(H,30,38)/t23-,24+,29-/m0/s1. The minimum Gasteiger partial charge on any atom is -0.354 e. The van der Waals surface area contributed by atoms with Crippen molar-refractivity contribution in [3.63, 3.8) is 0 Å². The highest BCUT2D eigenvalue weighted by atomic mass is 16.2. The SMILES string of the molecule is CC(=O)c1nn(CC(=O)N2[C@H](C(=O)NCCC(C)(C)C)C[C@@]3(C)C[C@@H]23)c2ccc(-c3cnc(C)nc3)cc12. The van der Waals surface area contributed by atoms with Crippen LogP contribution in [0.1, 0.15) is 70.2 Å². The van der Waals surface area contributed by atoms with Crippen molar-refractivity contribution in [3.05, 3.63) is 42.1 Å². The van der Waals surface area contributed by atoms with Gasteiger partial charge in [-0.05, 0) is 54.7 Å². The number of fused-ring (bicyclic) bond motifs is 2. The summed E-state index contributed by atoms with van der Waals surface area (Å²) in [5, 5.41) is 8.27. The molecule has 2 amide bonds. The molecule has 200 valence electrons. The van der Waals surface area contributed by atoms with Gasteiger partial charge in [-0.3, -0.25) is 19.1 Å². The number of aromatic nitrogens is 4. The van der Waals surface area contributed by atoms with Gasteiger partial charge >= 0.3 is 0 Å². The lowest BCUT2D eigenvalue weighted by Gasteiger charge is -2.27. The van der Waals surface area contributed by atoms with Gasteiger partial charge in [-0.1, -0.05) is 33.8 Å². The Morgan fingerprint density at radius 2 is 1.82 bits per heavy atom. The predicted octanol–water partition coefficient (Wildman–Crippen LogP) is 3.94. The monoisotopic (exact) mass is 516 g/mol. The lowest BCUT2D eigenvalue weighted by atomic mass is 9.92. The summed E-state index contributed by atoms with van der Waals surface area (Å²) in [6, 6.07) is 5.28. The van der Waals surface area contributed by atoms with E-state index in [1.807, 2.05) is 25.1 Å². The second-order valence-electron chi connectivity index (χ2n) is 12.3. The van der Waals surface area contributed by atoms with Crippen LogP contribution in [0.3, 0.4) is 0 Å². The molecule has 2 aromatic heterocycles. The molecule has 38 heavy (non-hydrogen) atoms. The minimum atomic E-state index is -0.478. The third-order valence-electron chi connectivity index (χ3n) is 7.88. The Hall–Kier alpha value is -3.62. The molecule has 1 N–H and O–H groups in total. The molecule has 2 aliphatic rings. The second kappa shape index (κ2) is 9.29. The number of benzene rings is 1. The number of hydrogen-bond donors (Lipinski definition) is 1. The summed E-state index contributed by atoms with van der Waals surface area (Å²) < 4.78 is 1.59. The van der Waals surface area contributed by atoms with E-state index in [0.29, 0.717) is 35.4 Å². The Kier molecular flexibility index (Phi) is 6.36. The third kappa shape index (κ3) is 4.93. The van der Waals surface area contributed by atoms with Crippen LogP contribution >= 0.6 is 0 Å². The van der Waals surface area contributed by atoms with Gasteiger partial charge in [0.25, 0.3) is 0 Å². The van der Waals surface area contributed by atoms with E-state index in [-0.39, 0.29) is 41.0 Å². The zero-order chi connectivity index (χ0) is 27.4. The fourth-order valence-corrected chi connectivity index (χ4v) is 5.53. The van der Waals surface area contributed by atoms with Crippen molar-refractivity contribution in [3.8, 4) is 11.1 Å². The summed E-state index contributed by atoms with van der Waals surface area (Å²) >= 11 is 0. The van der Waals surface area contributed by atoms with Gasteiger partial charge < -0.3 is 10.2 Å². The molecule has 0 radical (unpaired) electrons. The molecular weight excluding hydrogens is 480 g/mol. The van der Waals surface area contributed by atoms with Crippen molar-refractivity contribution < 1.29 is 14.4 Å². The number of Topliss-reactive ketones (excluding diaryl/α,β-unsaturated/α-hetero) is 1. The number of amides is 2. The number of hydrogen-bond acceptors (Lipinski definition) is 6. The number of nitrogens with zero attached hydrogens (tertiary/aromatic N) is 5. The van der Waals surface area contributed by atoms with Crippen LogP contribution in [0.15, 0.2) is 30.6 Å². The topological polar surface area (TPSA) is 110 Å². The normalized spacial score (nSPS) is 22.4. The molecule has 1 aliphatic heterocycles. The van der Waals surface area contributed by atoms with Gasteiger partial charge in [0, 0.05) is 42.9 Å². The number of nitrogens with one attached hydrogen (secondary N) is 1. The van der Waals surface area contributed by atoms with Crippen molar-refractivity contribution in [2.45, 2.75) is 79.4 Å². The number of likely N-dealkylation sites (tertiary alicyclic amines) is 1. The smallest absolute Gasteiger partial charge is 0.245 e. The number of rotatable bonds is 7. The van der Waals surface area contributed by atoms with E-state index in [1.165, 1.54) is 6.92 Å². The van der Waals surface area contributed by atoms with E-state index in [0.717, 1.165) is 24.0 Å². The minimum absolute atomic E-state index is 0.0105. The molecule has 1 aliphatic carbocycles. The average Bonchev–Trinajstić information content (AvgIpc) is 3.21. The van der Waals surface area contributed by atoms with Gasteiger partial charge in [0.1, 0.15) is 24.1 Å². The second-order valence-corrected chi connectivity index (χ2v) is 12.3. The van der Waals surface area contributed by atoms with Gasteiger partial charge in [-0.15, -0.1) is 0 Å². The van der Waals surface area contributed by atoms with E-state index < -0.39 is 6.04 Å². The molecule has 0 bridgehead atoms. The lowest BCUT2D eigenvalue weighted by molar-refractivity contribution is -0.140. The summed E-state index contributed by atoms with van der Waals surface area (Å²) in [5.74, 6) is 0.268. The maximum atomic E-state index is 13.7. The van der Waals surface area contributed by atoms with Crippen LogP contribution in [0.5, 0.6) is 0 Å². The zero-order valence-corrected chi connectivity index (χ0v) is 23.0. The van der Waals surface area contributed by atoms with E-state index in [2.05, 4.69) is 48.1 Å². The number of ketones is 1. The molecular formula is C29H36N6O3. The van der Waals surface area contributed by atoms with Crippen LogP contribution in [0, 0.1) is 17.8 Å². The van der Waals surface area contributed by atoms with Gasteiger partial charge in [-0.2, -0.15) is 5.10 Å². The van der Waals surface area contributed by atoms with Gasteiger partial charge in [-0.25, -0.2) is 9.97 Å². The van der Waals surface area contributed by atoms with Crippen molar-refractivity contribution >= 4 is 28.5 Å². The number of carbonyl (C=O) groups is 3. The first kappa shape index (κ1) is 26.0. The first-order chi connectivity index (χ1) is 17.9. The van der Waals surface area contributed by atoms with Crippen molar-refractivity contribution in [1.29, 1.82) is 0 Å². The quantitative estimate of drug-likeness (QED) is 0.477. The number of aryl methyl sites for hydroxylation is 1. The third-order valence-corrected chi connectivity index (χ3v) is 7.88. The number of carbonyl (C=O) groups excluding carboxylic acids is 3. The maximum absolute atomic E-state index is 13.7. The van der Waals surface area contributed by atoms with E-state index in [1.54, 1.807) is 22.0 Å². The highest BCUT2D eigenvalue weighted by Crippen LogP contribution is 2.59. The molecule has 2 fully saturated rings. The van der Waals surface area contributed by atoms with E-state index in [9.17, 15) is 14.4 Å². The van der Waals surface area contributed by atoms with Gasteiger partial charge in [0.2, 0.25) is 11.8 Å². The lowest BCUT2D eigenvalue weighted by Crippen LogP contribution is -2.49. The Morgan fingerprint density at radius 3 is 2.47 bits per heavy atom. The van der Waals surface area contributed by atoms with Crippen LogP contribution in [-0.4, -0.2) is 60.9 Å². The van der Waals surface area contributed by atoms with Crippen LogP contribution in [0.2, 0.25) is 0 Å². The fourth-order valence-electron chi connectivity index (χ4n) is 5.53. The molecule has 3 atom stereocenters. The molecule has 1 saturated heterocycles. The van der Waals surface area contributed by atoms with Gasteiger partial charge in [0.05, 0.1) is 5.52 Å². The summed E-state index contributed by atoms with van der Waals surface area (Å²) in [7, 11) is 0. The maximum Gasteiger partial charge on any atom is 0.245 e. The van der Waals surface area contributed by atoms with E-state index >= 15 is 0 Å². The van der Waals surface area contributed by atoms with Crippen molar-refractivity contribution in [2.75, 3.05) is 6.54 Å². The molecule has 9 nitrogen and oxygen atoms in total. The van der Waals surface area contributed by atoms with Crippen LogP contribution in [0.4, 0.5) is 0 Å². The van der Waals surface area contributed by atoms with Gasteiger partial charge in [0.15, 0.2) is 5.78 Å². The first-order valence-corrected chi connectivity index (χ1v) is 13.3. The zero-order valence-electron chi connectivity index (χ0n) is 23.0. The Labute approximate surface area is 223 Å². The summed E-state index contributed by atoms with van der Waals surface area (Å²) in [6.07, 6.45) is 5.94. The fraction of sp³-hybridized carbons (Fsp3) is 0.517. The molecule has 5 rings (SSSR count). The molecule has 9 heteroatoms. The first-order valence-electron chi connectivity index (χ1n) is 13.3.